The van der Waals surface area contributed by atoms with Crippen LogP contribution in [0.15, 0.2) is 59.4 Å². The summed E-state index contributed by atoms with van der Waals surface area (Å²) in [6, 6.07) is 12.1. The minimum Gasteiger partial charge on any atom is -0.479 e. The maximum atomic E-state index is 14.5. The number of benzene rings is 2. The first kappa shape index (κ1) is 22.6. The summed E-state index contributed by atoms with van der Waals surface area (Å²) in [5, 5.41) is 10.1. The molecule has 1 atom stereocenters. The monoisotopic (exact) mass is 466 g/mol. The van der Waals surface area contributed by atoms with E-state index in [0.29, 0.717) is 16.8 Å². The fourth-order valence-electron chi connectivity index (χ4n) is 3.02. The van der Waals surface area contributed by atoms with Gasteiger partial charge in [0.1, 0.15) is 33.9 Å². The van der Waals surface area contributed by atoms with Gasteiger partial charge < -0.3 is 19.5 Å². The second kappa shape index (κ2) is 9.94. The first-order valence-corrected chi connectivity index (χ1v) is 10.1. The molecule has 0 saturated heterocycles. The Bertz CT molecular complexity index is 1340. The molecule has 4 aromatic rings. The fraction of sp³-hybridized carbons (Fsp3) is 0.174. The number of halogens is 1. The summed E-state index contributed by atoms with van der Waals surface area (Å²) in [5.41, 5.74) is 1.43. The Morgan fingerprint density at radius 1 is 1.09 bits per heavy atom. The number of aromatic nitrogens is 3. The predicted molar refractivity (Wildman–Crippen MR) is 116 cm³/mol. The van der Waals surface area contributed by atoms with E-state index >= 15 is 0 Å². The third-order valence-corrected chi connectivity index (χ3v) is 4.77. The van der Waals surface area contributed by atoms with E-state index in [0.717, 1.165) is 6.07 Å². The molecule has 0 saturated carbocycles. The molecule has 2 aromatic carbocycles. The van der Waals surface area contributed by atoms with E-state index < -0.39 is 23.8 Å². The Morgan fingerprint density at radius 3 is 2.68 bits per heavy atom. The average molecular weight is 466 g/mol. The summed E-state index contributed by atoms with van der Waals surface area (Å²) in [6.45, 7) is 1.40. The molecule has 0 aliphatic heterocycles. The lowest BCUT2D eigenvalue weighted by Gasteiger charge is -2.14. The molecule has 11 heteroatoms. The SMILES string of the molecule is COC(=O)[C@@H](C)Oc1ccc(CNC(=O)c2cccnc2Oc2ccc3nonc3c2)c(F)c1. The van der Waals surface area contributed by atoms with Crippen LogP contribution in [-0.4, -0.2) is 40.4 Å². The lowest BCUT2D eigenvalue weighted by Crippen LogP contribution is -2.25. The van der Waals surface area contributed by atoms with Crippen LogP contribution in [0, 0.1) is 5.82 Å². The number of nitrogens with one attached hydrogen (secondary N) is 1. The molecule has 2 aromatic heterocycles. The molecule has 10 nitrogen and oxygen atoms in total. The third-order valence-electron chi connectivity index (χ3n) is 4.77. The molecule has 0 unspecified atom stereocenters. The molecule has 0 radical (unpaired) electrons. The molecule has 0 fully saturated rings. The molecule has 2 heterocycles. The summed E-state index contributed by atoms with van der Waals surface area (Å²) in [4.78, 5) is 28.3. The van der Waals surface area contributed by atoms with Gasteiger partial charge in [0.05, 0.1) is 7.11 Å². The molecule has 174 valence electrons. The number of hydrogen-bond donors (Lipinski definition) is 1. The second-order valence-electron chi connectivity index (χ2n) is 7.09. The van der Waals surface area contributed by atoms with E-state index in [9.17, 15) is 14.0 Å². The highest BCUT2D eigenvalue weighted by Gasteiger charge is 2.17. The van der Waals surface area contributed by atoms with Gasteiger partial charge in [-0.15, -0.1) is 0 Å². The van der Waals surface area contributed by atoms with Gasteiger partial charge in [0.2, 0.25) is 5.88 Å². The third kappa shape index (κ3) is 5.09. The lowest BCUT2D eigenvalue weighted by molar-refractivity contribution is -0.147. The van der Waals surface area contributed by atoms with Gasteiger partial charge in [-0.25, -0.2) is 18.8 Å². The number of methoxy groups -OCH3 is 1. The Kier molecular flexibility index (Phi) is 6.62. The quantitative estimate of drug-likeness (QED) is 0.389. The van der Waals surface area contributed by atoms with E-state index in [-0.39, 0.29) is 29.3 Å². The van der Waals surface area contributed by atoms with Crippen molar-refractivity contribution in [2.75, 3.05) is 7.11 Å². The van der Waals surface area contributed by atoms with Crippen LogP contribution in [0.3, 0.4) is 0 Å². The largest absolute Gasteiger partial charge is 0.479 e. The lowest BCUT2D eigenvalue weighted by atomic mass is 10.2. The molecule has 0 aliphatic rings. The highest BCUT2D eigenvalue weighted by Crippen LogP contribution is 2.25. The van der Waals surface area contributed by atoms with Crippen LogP contribution in [0.25, 0.3) is 11.0 Å². The first-order valence-electron chi connectivity index (χ1n) is 10.1. The van der Waals surface area contributed by atoms with Crippen molar-refractivity contribution in [2.24, 2.45) is 0 Å². The number of fused-ring (bicyclic) bond motifs is 1. The van der Waals surface area contributed by atoms with Gasteiger partial charge in [-0.2, -0.15) is 0 Å². The minimum atomic E-state index is -0.889. The van der Waals surface area contributed by atoms with Crippen LogP contribution in [0.4, 0.5) is 4.39 Å². The molecule has 1 amide bonds. The Balaban J connectivity index is 1.43. The number of rotatable bonds is 8. The molecule has 1 N–H and O–H groups in total. The minimum absolute atomic E-state index is 0.0665. The van der Waals surface area contributed by atoms with Crippen LogP contribution in [0.1, 0.15) is 22.8 Å². The van der Waals surface area contributed by atoms with E-state index in [4.69, 9.17) is 9.47 Å². The Hall–Kier alpha value is -4.54. The predicted octanol–water partition coefficient (Wildman–Crippen LogP) is 3.42. The van der Waals surface area contributed by atoms with Crippen LogP contribution >= 0.6 is 0 Å². The normalized spacial score (nSPS) is 11.6. The number of amides is 1. The van der Waals surface area contributed by atoms with Crippen LogP contribution in [-0.2, 0) is 16.1 Å². The van der Waals surface area contributed by atoms with Gasteiger partial charge in [0, 0.05) is 30.4 Å². The summed E-state index contributed by atoms with van der Waals surface area (Å²) in [5.74, 6) is -1.08. The number of esters is 1. The molecule has 4 rings (SSSR count). The van der Waals surface area contributed by atoms with Gasteiger partial charge in [-0.05, 0) is 47.6 Å². The van der Waals surface area contributed by atoms with E-state index in [1.807, 2.05) is 0 Å². The summed E-state index contributed by atoms with van der Waals surface area (Å²) in [6.07, 6.45) is 0.593. The second-order valence-corrected chi connectivity index (χ2v) is 7.09. The Labute approximate surface area is 192 Å². The van der Waals surface area contributed by atoms with Crippen LogP contribution in [0.2, 0.25) is 0 Å². The molecular formula is C23H19FN4O6. The maximum absolute atomic E-state index is 14.5. The molecular weight excluding hydrogens is 447 g/mol. The van der Waals surface area contributed by atoms with Crippen molar-refractivity contribution >= 4 is 22.9 Å². The summed E-state index contributed by atoms with van der Waals surface area (Å²) in [7, 11) is 1.24. The van der Waals surface area contributed by atoms with Crippen molar-refractivity contribution in [3.8, 4) is 17.4 Å². The number of nitrogens with zero attached hydrogens (tertiary/aromatic N) is 3. The molecule has 0 bridgehead atoms. The fourth-order valence-corrected chi connectivity index (χ4v) is 3.02. The zero-order valence-corrected chi connectivity index (χ0v) is 18.1. The van der Waals surface area contributed by atoms with Crippen molar-refractivity contribution in [2.45, 2.75) is 19.6 Å². The van der Waals surface area contributed by atoms with Crippen molar-refractivity contribution < 1.29 is 32.8 Å². The first-order chi connectivity index (χ1) is 16.4. The summed E-state index contributed by atoms with van der Waals surface area (Å²) < 4.78 is 34.8. The van der Waals surface area contributed by atoms with Crippen molar-refractivity contribution in [1.29, 1.82) is 0 Å². The van der Waals surface area contributed by atoms with Crippen LogP contribution < -0.4 is 14.8 Å². The molecule has 0 aliphatic carbocycles. The zero-order valence-electron chi connectivity index (χ0n) is 18.1. The highest BCUT2D eigenvalue weighted by atomic mass is 19.1. The van der Waals surface area contributed by atoms with Crippen LogP contribution in [0.5, 0.6) is 17.4 Å². The van der Waals surface area contributed by atoms with Crippen molar-refractivity contribution in [3.05, 3.63) is 71.7 Å². The zero-order chi connectivity index (χ0) is 24.1. The van der Waals surface area contributed by atoms with E-state index in [1.54, 1.807) is 24.3 Å². The van der Waals surface area contributed by atoms with Gasteiger partial charge in [0.15, 0.2) is 6.10 Å². The van der Waals surface area contributed by atoms with Gasteiger partial charge in [-0.1, -0.05) is 6.07 Å². The topological polar surface area (TPSA) is 126 Å². The Morgan fingerprint density at radius 2 is 1.88 bits per heavy atom. The highest BCUT2D eigenvalue weighted by molar-refractivity contribution is 5.96. The number of carbonyl (C=O) groups is 2. The van der Waals surface area contributed by atoms with Crippen molar-refractivity contribution in [3.63, 3.8) is 0 Å². The number of pyridine rings is 1. The maximum Gasteiger partial charge on any atom is 0.346 e. The molecule has 0 spiro atoms. The number of carbonyl (C=O) groups excluding carboxylic acids is 2. The number of ether oxygens (including phenoxy) is 3. The van der Waals surface area contributed by atoms with Gasteiger partial charge in [-0.3, -0.25) is 4.79 Å². The molecule has 34 heavy (non-hydrogen) atoms. The number of hydrogen-bond acceptors (Lipinski definition) is 9. The van der Waals surface area contributed by atoms with Gasteiger partial charge in [0.25, 0.3) is 5.91 Å². The smallest absolute Gasteiger partial charge is 0.346 e. The van der Waals surface area contributed by atoms with Crippen molar-refractivity contribution in [1.82, 2.24) is 20.6 Å². The van der Waals surface area contributed by atoms with Gasteiger partial charge >= 0.3 is 5.97 Å². The van der Waals surface area contributed by atoms with E-state index in [1.165, 1.54) is 38.4 Å². The average Bonchev–Trinajstić information content (AvgIpc) is 3.31. The standard InChI is InChI=1S/C23H19FN4O6/c1-13(23(30)31-2)32-15-6-5-14(18(24)10-15)12-26-21(29)17-4-3-9-25-22(17)33-16-7-8-19-20(11-16)28-34-27-19/h3-11,13H,12H2,1-2H3,(H,26,29)/t13-/m1/s1. The summed E-state index contributed by atoms with van der Waals surface area (Å²) >= 11 is 0. The van der Waals surface area contributed by atoms with E-state index in [2.05, 4.69) is 30.0 Å².